The van der Waals surface area contributed by atoms with Gasteiger partial charge in [0.25, 0.3) is 0 Å². The zero-order valence-electron chi connectivity index (χ0n) is 9.30. The maximum Gasteiger partial charge on any atom is 0.188 e. The van der Waals surface area contributed by atoms with E-state index in [4.69, 9.17) is 4.74 Å². The molecule has 1 nitrogen and oxygen atoms in total. The molecule has 1 aliphatic carbocycles. The normalized spacial score (nSPS) is 27.9. The average molecular weight is 202 g/mol. The topological polar surface area (TPSA) is 9.23 Å². The van der Waals surface area contributed by atoms with E-state index in [0.717, 1.165) is 18.8 Å². The van der Waals surface area contributed by atoms with Crippen molar-refractivity contribution in [2.75, 3.05) is 6.86 Å². The van der Waals surface area contributed by atoms with Crippen LogP contribution in [0.5, 0.6) is 0 Å². The molecule has 14 heavy (non-hydrogen) atoms. The van der Waals surface area contributed by atoms with E-state index in [-0.39, 0.29) is 6.10 Å². The number of unbranched alkanes of at least 4 members (excludes halogenated alkanes) is 2. The van der Waals surface area contributed by atoms with Crippen molar-refractivity contribution in [2.45, 2.75) is 64.4 Å². The van der Waals surface area contributed by atoms with Gasteiger partial charge in [0.1, 0.15) is 0 Å². The van der Waals surface area contributed by atoms with Crippen LogP contribution < -0.4 is 0 Å². The van der Waals surface area contributed by atoms with E-state index in [1.807, 2.05) is 0 Å². The van der Waals surface area contributed by atoms with Gasteiger partial charge < -0.3 is 4.74 Å². The summed E-state index contributed by atoms with van der Waals surface area (Å²) in [5, 5.41) is 0. The Morgan fingerprint density at radius 3 is 2.43 bits per heavy atom. The summed E-state index contributed by atoms with van der Waals surface area (Å²) in [6, 6.07) is 0. The van der Waals surface area contributed by atoms with Crippen LogP contribution in [-0.2, 0) is 4.74 Å². The molecule has 0 unspecified atom stereocenters. The van der Waals surface area contributed by atoms with Crippen molar-refractivity contribution in [3.63, 3.8) is 0 Å². The fourth-order valence-corrected chi connectivity index (χ4v) is 2.36. The number of rotatable bonds is 6. The summed E-state index contributed by atoms with van der Waals surface area (Å²) in [7, 11) is 0. The molecule has 1 rings (SSSR count). The molecule has 0 saturated heterocycles. The van der Waals surface area contributed by atoms with Crippen molar-refractivity contribution in [2.24, 2.45) is 5.92 Å². The minimum atomic E-state index is -0.606. The third-order valence-corrected chi connectivity index (χ3v) is 3.31. The molecular formula is C12H23FO. The van der Waals surface area contributed by atoms with Crippen molar-refractivity contribution >= 4 is 0 Å². The molecule has 0 aromatic heterocycles. The van der Waals surface area contributed by atoms with E-state index < -0.39 is 6.86 Å². The Morgan fingerprint density at radius 1 is 1.14 bits per heavy atom. The van der Waals surface area contributed by atoms with Crippen molar-refractivity contribution in [1.82, 2.24) is 0 Å². The first-order valence-electron chi connectivity index (χ1n) is 6.04. The van der Waals surface area contributed by atoms with Gasteiger partial charge in [0.15, 0.2) is 6.86 Å². The molecule has 0 aromatic carbocycles. The number of hydrogen-bond acceptors (Lipinski definition) is 1. The summed E-state index contributed by atoms with van der Waals surface area (Å²) in [6.45, 7) is 1.64. The standard InChI is InChI=1S/C12H23FO/c1-2-3-4-5-11-6-8-12(9-7-11)14-10-13/h11-12H,2-10H2,1H3. The molecule has 0 aliphatic heterocycles. The quantitative estimate of drug-likeness (QED) is 0.590. The predicted molar refractivity (Wildman–Crippen MR) is 56.9 cm³/mol. The lowest BCUT2D eigenvalue weighted by Crippen LogP contribution is -2.21. The number of hydrogen-bond donors (Lipinski definition) is 0. The molecule has 1 aliphatic rings. The first-order valence-corrected chi connectivity index (χ1v) is 6.04. The average Bonchev–Trinajstić information content (AvgIpc) is 2.21. The molecule has 1 saturated carbocycles. The summed E-state index contributed by atoms with van der Waals surface area (Å²) >= 11 is 0. The lowest BCUT2D eigenvalue weighted by molar-refractivity contribution is -0.0291. The summed E-state index contributed by atoms with van der Waals surface area (Å²) < 4.78 is 16.9. The number of alkyl halides is 1. The van der Waals surface area contributed by atoms with Gasteiger partial charge in [-0.05, 0) is 31.6 Å². The lowest BCUT2D eigenvalue weighted by Gasteiger charge is -2.27. The summed E-state index contributed by atoms with van der Waals surface area (Å²) in [5.41, 5.74) is 0. The number of ether oxygens (including phenoxy) is 1. The zero-order chi connectivity index (χ0) is 10.2. The van der Waals surface area contributed by atoms with Gasteiger partial charge in [0.05, 0.1) is 6.10 Å². The van der Waals surface area contributed by atoms with E-state index in [0.29, 0.717) is 0 Å². The van der Waals surface area contributed by atoms with Crippen LogP contribution in [0.4, 0.5) is 4.39 Å². The molecule has 84 valence electrons. The summed E-state index contributed by atoms with van der Waals surface area (Å²) in [5.74, 6) is 0.890. The Hall–Kier alpha value is -0.110. The second kappa shape index (κ2) is 7.22. The summed E-state index contributed by atoms with van der Waals surface area (Å²) in [4.78, 5) is 0. The molecule has 0 amide bonds. The highest BCUT2D eigenvalue weighted by Crippen LogP contribution is 2.29. The monoisotopic (exact) mass is 202 g/mol. The molecular weight excluding hydrogens is 179 g/mol. The van der Waals surface area contributed by atoms with Crippen LogP contribution in [0.2, 0.25) is 0 Å². The zero-order valence-corrected chi connectivity index (χ0v) is 9.30. The Kier molecular flexibility index (Phi) is 6.17. The molecule has 0 bridgehead atoms. The first-order chi connectivity index (χ1) is 6.86. The Morgan fingerprint density at radius 2 is 1.86 bits per heavy atom. The highest BCUT2D eigenvalue weighted by atomic mass is 19.1. The molecule has 1 fully saturated rings. The van der Waals surface area contributed by atoms with E-state index >= 15 is 0 Å². The van der Waals surface area contributed by atoms with Crippen LogP contribution in [0.1, 0.15) is 58.3 Å². The van der Waals surface area contributed by atoms with Gasteiger partial charge in [-0.15, -0.1) is 0 Å². The van der Waals surface area contributed by atoms with Gasteiger partial charge in [-0.1, -0.05) is 32.6 Å². The SMILES string of the molecule is CCCCCC1CCC(OCF)CC1. The van der Waals surface area contributed by atoms with Gasteiger partial charge in [-0.2, -0.15) is 0 Å². The predicted octanol–water partition coefficient (Wildman–Crippen LogP) is 4.07. The Balaban J connectivity index is 2.03. The van der Waals surface area contributed by atoms with Crippen LogP contribution >= 0.6 is 0 Å². The summed E-state index contributed by atoms with van der Waals surface area (Å²) in [6.07, 6.45) is 10.2. The highest BCUT2D eigenvalue weighted by molar-refractivity contribution is 4.72. The van der Waals surface area contributed by atoms with Gasteiger partial charge in [-0.3, -0.25) is 0 Å². The van der Waals surface area contributed by atoms with E-state index in [1.165, 1.54) is 38.5 Å². The van der Waals surface area contributed by atoms with Crippen molar-refractivity contribution < 1.29 is 9.13 Å². The van der Waals surface area contributed by atoms with Crippen molar-refractivity contribution in [1.29, 1.82) is 0 Å². The van der Waals surface area contributed by atoms with Crippen molar-refractivity contribution in [3.8, 4) is 0 Å². The van der Waals surface area contributed by atoms with Gasteiger partial charge >= 0.3 is 0 Å². The van der Waals surface area contributed by atoms with Crippen LogP contribution in [0, 0.1) is 5.92 Å². The highest BCUT2D eigenvalue weighted by Gasteiger charge is 2.20. The molecule has 0 heterocycles. The van der Waals surface area contributed by atoms with Crippen LogP contribution in [0.25, 0.3) is 0 Å². The maximum atomic E-state index is 11.9. The fraction of sp³-hybridized carbons (Fsp3) is 1.00. The third-order valence-electron chi connectivity index (χ3n) is 3.31. The van der Waals surface area contributed by atoms with Crippen LogP contribution in [-0.4, -0.2) is 13.0 Å². The van der Waals surface area contributed by atoms with Crippen LogP contribution in [0.3, 0.4) is 0 Å². The van der Waals surface area contributed by atoms with E-state index in [1.54, 1.807) is 0 Å². The molecule has 2 heteroatoms. The lowest BCUT2D eigenvalue weighted by atomic mass is 9.84. The smallest absolute Gasteiger partial charge is 0.188 e. The third kappa shape index (κ3) is 4.41. The first kappa shape index (κ1) is 12.0. The van der Waals surface area contributed by atoms with Gasteiger partial charge in [0.2, 0.25) is 0 Å². The largest absolute Gasteiger partial charge is 0.347 e. The second-order valence-corrected chi connectivity index (χ2v) is 4.41. The Labute approximate surface area is 87.0 Å². The van der Waals surface area contributed by atoms with E-state index in [2.05, 4.69) is 6.92 Å². The maximum absolute atomic E-state index is 11.9. The minimum Gasteiger partial charge on any atom is -0.347 e. The Bertz CT molecular complexity index is 130. The van der Waals surface area contributed by atoms with E-state index in [9.17, 15) is 4.39 Å². The molecule has 0 atom stereocenters. The van der Waals surface area contributed by atoms with Gasteiger partial charge in [-0.25, -0.2) is 4.39 Å². The second-order valence-electron chi connectivity index (χ2n) is 4.41. The molecule has 0 radical (unpaired) electrons. The van der Waals surface area contributed by atoms with Crippen molar-refractivity contribution in [3.05, 3.63) is 0 Å². The molecule has 0 spiro atoms. The van der Waals surface area contributed by atoms with Crippen LogP contribution in [0.15, 0.2) is 0 Å². The fourth-order valence-electron chi connectivity index (χ4n) is 2.36. The minimum absolute atomic E-state index is 0.211. The van der Waals surface area contributed by atoms with Gasteiger partial charge in [0, 0.05) is 0 Å². The number of halogens is 1. The molecule has 0 N–H and O–H groups in total. The molecule has 0 aromatic rings.